The molecule has 6 heteroatoms. The lowest BCUT2D eigenvalue weighted by Crippen LogP contribution is -2.41. The van der Waals surface area contributed by atoms with Gasteiger partial charge in [0.2, 0.25) is 0 Å². The van der Waals surface area contributed by atoms with E-state index in [2.05, 4.69) is 27.3 Å². The maximum atomic E-state index is 5.80. The van der Waals surface area contributed by atoms with Crippen molar-refractivity contribution in [1.29, 1.82) is 0 Å². The number of nitrogens with one attached hydrogen (secondary N) is 1. The molecule has 0 bridgehead atoms. The second-order valence-electron chi connectivity index (χ2n) is 7.04. The maximum Gasteiger partial charge on any atom is 0.193 e. The minimum Gasteiger partial charge on any atom is -0.497 e. The third-order valence-electron chi connectivity index (χ3n) is 5.27. The molecule has 3 rings (SSSR count). The van der Waals surface area contributed by atoms with Crippen molar-refractivity contribution in [3.05, 3.63) is 59.7 Å². The maximum absolute atomic E-state index is 5.80. The molecule has 1 heterocycles. The van der Waals surface area contributed by atoms with Crippen molar-refractivity contribution in [2.45, 2.75) is 18.9 Å². The van der Waals surface area contributed by atoms with Crippen molar-refractivity contribution in [3.63, 3.8) is 0 Å². The Bertz CT molecular complexity index is 792. The highest BCUT2D eigenvalue weighted by atomic mass is 16.5. The van der Waals surface area contributed by atoms with Gasteiger partial charge in [-0.3, -0.25) is 4.99 Å². The molecule has 1 aliphatic heterocycles. The first-order valence-electron chi connectivity index (χ1n) is 10.0. The van der Waals surface area contributed by atoms with Gasteiger partial charge in [0.25, 0.3) is 0 Å². The first-order chi connectivity index (χ1) is 14.2. The van der Waals surface area contributed by atoms with Crippen LogP contribution in [0.1, 0.15) is 23.5 Å². The van der Waals surface area contributed by atoms with E-state index in [-0.39, 0.29) is 0 Å². The van der Waals surface area contributed by atoms with Gasteiger partial charge in [-0.25, -0.2) is 0 Å². The van der Waals surface area contributed by atoms with Gasteiger partial charge >= 0.3 is 0 Å². The zero-order valence-electron chi connectivity index (χ0n) is 17.6. The Morgan fingerprint density at radius 1 is 1.10 bits per heavy atom. The van der Waals surface area contributed by atoms with Crippen molar-refractivity contribution in [3.8, 4) is 11.5 Å². The molecule has 1 aliphatic rings. The van der Waals surface area contributed by atoms with Gasteiger partial charge in [-0.05, 0) is 30.2 Å². The van der Waals surface area contributed by atoms with Gasteiger partial charge in [0, 0.05) is 38.2 Å². The molecule has 1 atom stereocenters. The lowest BCUT2D eigenvalue weighted by atomic mass is 9.98. The molecule has 1 saturated heterocycles. The number of hydrogen-bond donors (Lipinski definition) is 1. The number of nitrogens with zero attached hydrogens (tertiary/aromatic N) is 2. The number of hydrogen-bond acceptors (Lipinski definition) is 4. The Labute approximate surface area is 173 Å². The van der Waals surface area contributed by atoms with Crippen LogP contribution in [0.5, 0.6) is 11.5 Å². The average Bonchev–Trinajstić information content (AvgIpc) is 3.26. The number of rotatable bonds is 8. The molecule has 2 aromatic rings. The first-order valence-corrected chi connectivity index (χ1v) is 10.0. The molecular formula is C23H31N3O3. The number of aliphatic imine (C=N–C) groups is 1. The Kier molecular flexibility index (Phi) is 7.76. The van der Waals surface area contributed by atoms with Crippen LogP contribution in [-0.2, 0) is 11.3 Å². The largest absolute Gasteiger partial charge is 0.497 e. The van der Waals surface area contributed by atoms with Gasteiger partial charge in [0.1, 0.15) is 11.5 Å². The van der Waals surface area contributed by atoms with E-state index in [1.165, 1.54) is 5.56 Å². The van der Waals surface area contributed by atoms with Crippen molar-refractivity contribution < 1.29 is 14.2 Å². The molecular weight excluding hydrogens is 366 g/mol. The zero-order chi connectivity index (χ0) is 20.5. The highest BCUT2D eigenvalue weighted by Gasteiger charge is 2.25. The number of methoxy groups -OCH3 is 2. The van der Waals surface area contributed by atoms with Crippen LogP contribution >= 0.6 is 0 Å². The zero-order valence-corrected chi connectivity index (χ0v) is 17.6. The van der Waals surface area contributed by atoms with Crippen LogP contribution < -0.4 is 14.8 Å². The van der Waals surface area contributed by atoms with Crippen molar-refractivity contribution in [2.75, 3.05) is 47.5 Å². The summed E-state index contributed by atoms with van der Waals surface area (Å²) in [5.41, 5.74) is 2.41. The number of benzene rings is 2. The second-order valence-corrected chi connectivity index (χ2v) is 7.04. The van der Waals surface area contributed by atoms with Crippen molar-refractivity contribution in [1.82, 2.24) is 10.2 Å². The Morgan fingerprint density at radius 2 is 1.90 bits per heavy atom. The van der Waals surface area contributed by atoms with Gasteiger partial charge in [-0.15, -0.1) is 0 Å². The van der Waals surface area contributed by atoms with E-state index in [1.54, 1.807) is 14.2 Å². The smallest absolute Gasteiger partial charge is 0.193 e. The van der Waals surface area contributed by atoms with Crippen LogP contribution in [-0.4, -0.2) is 58.4 Å². The Hall–Kier alpha value is -2.73. The van der Waals surface area contributed by atoms with E-state index in [4.69, 9.17) is 14.2 Å². The molecule has 0 radical (unpaired) electrons. The summed E-state index contributed by atoms with van der Waals surface area (Å²) in [4.78, 5) is 6.76. The summed E-state index contributed by atoms with van der Waals surface area (Å²) in [7, 11) is 5.21. The topological polar surface area (TPSA) is 55.3 Å². The fourth-order valence-electron chi connectivity index (χ4n) is 3.67. The lowest BCUT2D eigenvalue weighted by Gasteiger charge is -2.22. The van der Waals surface area contributed by atoms with Gasteiger partial charge in [0.15, 0.2) is 5.96 Å². The normalized spacial score (nSPS) is 16.7. The van der Waals surface area contributed by atoms with Gasteiger partial charge in [0.05, 0.1) is 27.4 Å². The van der Waals surface area contributed by atoms with Crippen LogP contribution in [0.4, 0.5) is 0 Å². The molecule has 0 spiro atoms. The highest BCUT2D eigenvalue weighted by molar-refractivity contribution is 5.80. The molecule has 0 amide bonds. The van der Waals surface area contributed by atoms with Crippen LogP contribution in [0.2, 0.25) is 0 Å². The molecule has 29 heavy (non-hydrogen) atoms. The molecule has 2 aromatic carbocycles. The van der Waals surface area contributed by atoms with E-state index in [0.717, 1.165) is 42.5 Å². The van der Waals surface area contributed by atoms with Crippen LogP contribution in [0, 0.1) is 0 Å². The minimum atomic E-state index is 0.515. The third kappa shape index (κ3) is 5.64. The predicted octanol–water partition coefficient (Wildman–Crippen LogP) is 3.29. The van der Waals surface area contributed by atoms with Crippen molar-refractivity contribution in [2.24, 2.45) is 4.99 Å². The predicted molar refractivity (Wildman–Crippen MR) is 116 cm³/mol. The standard InChI is InChI=1S/C23H31N3O3/c1-24-23(25-13-15-29-17-20-6-4-5-7-22(20)28-3)26-14-12-19(16-26)18-8-10-21(27-2)11-9-18/h4-11,19H,12-17H2,1-3H3,(H,24,25). The van der Waals surface area contributed by atoms with E-state index in [1.807, 2.05) is 43.4 Å². The summed E-state index contributed by atoms with van der Waals surface area (Å²) >= 11 is 0. The monoisotopic (exact) mass is 397 g/mol. The SMILES string of the molecule is CN=C(NCCOCc1ccccc1OC)N1CCC(c2ccc(OC)cc2)C1. The number of ether oxygens (including phenoxy) is 3. The summed E-state index contributed by atoms with van der Waals surface area (Å²) in [6, 6.07) is 16.3. The summed E-state index contributed by atoms with van der Waals surface area (Å²) in [6.45, 7) is 3.82. The number of likely N-dealkylation sites (tertiary alicyclic amines) is 1. The van der Waals surface area contributed by atoms with Gasteiger partial charge in [-0.1, -0.05) is 30.3 Å². The lowest BCUT2D eigenvalue weighted by molar-refractivity contribution is 0.123. The minimum absolute atomic E-state index is 0.515. The summed E-state index contributed by atoms with van der Waals surface area (Å²) in [5, 5.41) is 3.42. The van der Waals surface area contributed by atoms with E-state index in [9.17, 15) is 0 Å². The average molecular weight is 398 g/mol. The Balaban J connectivity index is 1.42. The van der Waals surface area contributed by atoms with E-state index in [0.29, 0.717) is 25.7 Å². The first kappa shape index (κ1) is 21.0. The van der Waals surface area contributed by atoms with E-state index < -0.39 is 0 Å². The molecule has 0 saturated carbocycles. The van der Waals surface area contributed by atoms with Crippen molar-refractivity contribution >= 4 is 5.96 Å². The molecule has 6 nitrogen and oxygen atoms in total. The molecule has 156 valence electrons. The molecule has 0 aliphatic carbocycles. The molecule has 1 unspecified atom stereocenters. The fraction of sp³-hybridized carbons (Fsp3) is 0.435. The van der Waals surface area contributed by atoms with E-state index >= 15 is 0 Å². The van der Waals surface area contributed by atoms with Crippen LogP contribution in [0.3, 0.4) is 0 Å². The Morgan fingerprint density at radius 3 is 2.62 bits per heavy atom. The van der Waals surface area contributed by atoms with Gasteiger partial charge < -0.3 is 24.4 Å². The fourth-order valence-corrected chi connectivity index (χ4v) is 3.67. The molecule has 1 fully saturated rings. The quantitative estimate of drug-likeness (QED) is 0.421. The third-order valence-corrected chi connectivity index (χ3v) is 5.27. The summed E-state index contributed by atoms with van der Waals surface area (Å²) < 4.78 is 16.4. The highest BCUT2D eigenvalue weighted by Crippen LogP contribution is 2.28. The summed E-state index contributed by atoms with van der Waals surface area (Å²) in [5.74, 6) is 3.20. The van der Waals surface area contributed by atoms with Crippen LogP contribution in [0.15, 0.2) is 53.5 Å². The second kappa shape index (κ2) is 10.7. The molecule has 0 aromatic heterocycles. The number of para-hydroxylation sites is 1. The number of guanidine groups is 1. The summed E-state index contributed by atoms with van der Waals surface area (Å²) in [6.07, 6.45) is 1.12. The molecule has 1 N–H and O–H groups in total. The van der Waals surface area contributed by atoms with Gasteiger partial charge in [-0.2, -0.15) is 0 Å². The van der Waals surface area contributed by atoms with Crippen LogP contribution in [0.25, 0.3) is 0 Å².